The van der Waals surface area contributed by atoms with Crippen LogP contribution in [0.2, 0.25) is 0 Å². The predicted octanol–water partition coefficient (Wildman–Crippen LogP) is 1.01. The number of aromatic carboxylic acids is 1. The van der Waals surface area contributed by atoms with Crippen molar-refractivity contribution in [1.82, 2.24) is 14.9 Å². The van der Waals surface area contributed by atoms with Gasteiger partial charge in [0, 0.05) is 24.8 Å². The van der Waals surface area contributed by atoms with Crippen molar-refractivity contribution < 1.29 is 9.90 Å². The van der Waals surface area contributed by atoms with E-state index in [0.29, 0.717) is 11.6 Å². The SMILES string of the molecule is Cc1cc(C(=O)O)nc(N2CCCN(C)CC2C)n1. The molecule has 1 aliphatic heterocycles. The second-order valence-electron chi connectivity index (χ2n) is 5.16. The molecule has 0 aliphatic carbocycles. The lowest BCUT2D eigenvalue weighted by atomic mass is 10.3. The molecular formula is C13H20N4O2. The number of carboxylic acids is 1. The topological polar surface area (TPSA) is 69.6 Å². The summed E-state index contributed by atoms with van der Waals surface area (Å²) >= 11 is 0. The van der Waals surface area contributed by atoms with Crippen LogP contribution in [0, 0.1) is 6.92 Å². The summed E-state index contributed by atoms with van der Waals surface area (Å²) in [5.74, 6) is -0.480. The molecule has 2 heterocycles. The van der Waals surface area contributed by atoms with Gasteiger partial charge in [-0.15, -0.1) is 0 Å². The molecule has 1 atom stereocenters. The minimum absolute atomic E-state index is 0.0623. The number of rotatable bonds is 2. The zero-order valence-electron chi connectivity index (χ0n) is 11.6. The third-order valence-corrected chi connectivity index (χ3v) is 3.37. The van der Waals surface area contributed by atoms with E-state index < -0.39 is 5.97 Å². The van der Waals surface area contributed by atoms with Gasteiger partial charge in [-0.3, -0.25) is 0 Å². The summed E-state index contributed by atoms with van der Waals surface area (Å²) in [5, 5.41) is 9.08. The number of carboxylic acid groups (broad SMARTS) is 1. The fourth-order valence-corrected chi connectivity index (χ4v) is 2.46. The highest BCUT2D eigenvalue weighted by molar-refractivity contribution is 5.85. The van der Waals surface area contributed by atoms with E-state index in [1.807, 2.05) is 0 Å². The minimum Gasteiger partial charge on any atom is -0.477 e. The third kappa shape index (κ3) is 3.20. The summed E-state index contributed by atoms with van der Waals surface area (Å²) in [5.41, 5.74) is 0.750. The van der Waals surface area contributed by atoms with Gasteiger partial charge in [0.05, 0.1) is 0 Å². The molecule has 0 aromatic carbocycles. The van der Waals surface area contributed by atoms with Crippen molar-refractivity contribution in [2.45, 2.75) is 26.3 Å². The van der Waals surface area contributed by atoms with Crippen molar-refractivity contribution in [2.24, 2.45) is 0 Å². The lowest BCUT2D eigenvalue weighted by Crippen LogP contribution is -2.39. The van der Waals surface area contributed by atoms with Crippen molar-refractivity contribution in [3.05, 3.63) is 17.5 Å². The number of aromatic nitrogens is 2. The Hall–Kier alpha value is -1.69. The zero-order valence-corrected chi connectivity index (χ0v) is 11.6. The second kappa shape index (κ2) is 5.52. The van der Waals surface area contributed by atoms with Crippen molar-refractivity contribution in [1.29, 1.82) is 0 Å². The summed E-state index contributed by atoms with van der Waals surface area (Å²) < 4.78 is 0. The molecule has 6 heteroatoms. The summed E-state index contributed by atoms with van der Waals surface area (Å²) in [6.45, 7) is 6.74. The Morgan fingerprint density at radius 3 is 2.84 bits per heavy atom. The maximum atomic E-state index is 11.1. The quantitative estimate of drug-likeness (QED) is 0.860. The Balaban J connectivity index is 2.31. The molecule has 1 saturated heterocycles. The van der Waals surface area contributed by atoms with Gasteiger partial charge in [0.15, 0.2) is 5.69 Å². The highest BCUT2D eigenvalue weighted by Crippen LogP contribution is 2.17. The first-order valence-electron chi connectivity index (χ1n) is 6.51. The van der Waals surface area contributed by atoms with Crippen LogP contribution >= 0.6 is 0 Å². The molecule has 0 amide bonds. The number of likely N-dealkylation sites (N-methyl/N-ethyl adjacent to an activating group) is 1. The largest absolute Gasteiger partial charge is 0.477 e. The minimum atomic E-state index is -1.01. The highest BCUT2D eigenvalue weighted by atomic mass is 16.4. The van der Waals surface area contributed by atoms with Crippen molar-refractivity contribution in [3.63, 3.8) is 0 Å². The number of hydrogen-bond donors (Lipinski definition) is 1. The van der Waals surface area contributed by atoms with Crippen molar-refractivity contribution in [2.75, 3.05) is 31.6 Å². The van der Waals surface area contributed by atoms with Crippen LogP contribution in [0.25, 0.3) is 0 Å². The third-order valence-electron chi connectivity index (χ3n) is 3.37. The van der Waals surface area contributed by atoms with Crippen LogP contribution in [0.15, 0.2) is 6.07 Å². The van der Waals surface area contributed by atoms with Gasteiger partial charge in [-0.25, -0.2) is 14.8 Å². The van der Waals surface area contributed by atoms with Crippen LogP contribution in [0.5, 0.6) is 0 Å². The molecule has 1 fully saturated rings. The number of aryl methyl sites for hydroxylation is 1. The molecular weight excluding hydrogens is 244 g/mol. The lowest BCUT2D eigenvalue weighted by molar-refractivity contribution is 0.0690. The maximum absolute atomic E-state index is 11.1. The summed E-state index contributed by atoms with van der Waals surface area (Å²) in [7, 11) is 2.10. The molecule has 1 aromatic rings. The van der Waals surface area contributed by atoms with Crippen LogP contribution in [0.3, 0.4) is 0 Å². The van der Waals surface area contributed by atoms with E-state index in [0.717, 1.165) is 26.1 Å². The first-order chi connectivity index (χ1) is 8.97. The van der Waals surface area contributed by atoms with Gasteiger partial charge >= 0.3 is 5.97 Å². The van der Waals surface area contributed by atoms with E-state index in [9.17, 15) is 4.79 Å². The molecule has 0 radical (unpaired) electrons. The van der Waals surface area contributed by atoms with Crippen LogP contribution in [0.4, 0.5) is 5.95 Å². The molecule has 104 valence electrons. The van der Waals surface area contributed by atoms with Gasteiger partial charge in [0.2, 0.25) is 5.95 Å². The Labute approximate surface area is 113 Å². The van der Waals surface area contributed by atoms with E-state index in [4.69, 9.17) is 5.11 Å². The molecule has 1 unspecified atom stereocenters. The van der Waals surface area contributed by atoms with Crippen LogP contribution in [-0.2, 0) is 0 Å². The average molecular weight is 264 g/mol. The molecule has 0 spiro atoms. The molecule has 2 rings (SSSR count). The molecule has 0 saturated carbocycles. The van der Waals surface area contributed by atoms with Crippen LogP contribution in [0.1, 0.15) is 29.5 Å². The Kier molecular flexibility index (Phi) is 3.99. The number of hydrogen-bond acceptors (Lipinski definition) is 5. The lowest BCUT2D eigenvalue weighted by Gasteiger charge is -2.28. The first kappa shape index (κ1) is 13.7. The Morgan fingerprint density at radius 2 is 2.16 bits per heavy atom. The number of nitrogens with zero attached hydrogens (tertiary/aromatic N) is 4. The van der Waals surface area contributed by atoms with Gasteiger partial charge < -0.3 is 14.9 Å². The zero-order chi connectivity index (χ0) is 14.0. The van der Waals surface area contributed by atoms with E-state index in [2.05, 4.69) is 33.7 Å². The molecule has 1 N–H and O–H groups in total. The van der Waals surface area contributed by atoms with Crippen molar-refractivity contribution >= 4 is 11.9 Å². The van der Waals surface area contributed by atoms with Gasteiger partial charge in [0.1, 0.15) is 0 Å². The molecule has 1 aliphatic rings. The molecule has 6 nitrogen and oxygen atoms in total. The van der Waals surface area contributed by atoms with E-state index in [1.165, 1.54) is 6.07 Å². The summed E-state index contributed by atoms with van der Waals surface area (Å²) in [4.78, 5) is 24.0. The van der Waals surface area contributed by atoms with Crippen LogP contribution < -0.4 is 4.90 Å². The van der Waals surface area contributed by atoms with Gasteiger partial charge in [-0.1, -0.05) is 0 Å². The predicted molar refractivity (Wildman–Crippen MR) is 72.7 cm³/mol. The molecule has 0 bridgehead atoms. The fraction of sp³-hybridized carbons (Fsp3) is 0.615. The first-order valence-corrected chi connectivity index (χ1v) is 6.51. The van der Waals surface area contributed by atoms with E-state index in [1.54, 1.807) is 6.92 Å². The normalized spacial score (nSPS) is 21.2. The number of carbonyl (C=O) groups is 1. The molecule has 1 aromatic heterocycles. The van der Waals surface area contributed by atoms with Crippen LogP contribution in [-0.4, -0.2) is 58.7 Å². The van der Waals surface area contributed by atoms with E-state index >= 15 is 0 Å². The van der Waals surface area contributed by atoms with Crippen molar-refractivity contribution in [3.8, 4) is 0 Å². The second-order valence-corrected chi connectivity index (χ2v) is 5.16. The van der Waals surface area contributed by atoms with Gasteiger partial charge in [-0.05, 0) is 39.9 Å². The Morgan fingerprint density at radius 1 is 1.42 bits per heavy atom. The summed E-state index contributed by atoms with van der Waals surface area (Å²) in [6, 6.07) is 1.77. The number of anilines is 1. The summed E-state index contributed by atoms with van der Waals surface area (Å²) in [6.07, 6.45) is 1.03. The highest BCUT2D eigenvalue weighted by Gasteiger charge is 2.23. The maximum Gasteiger partial charge on any atom is 0.354 e. The smallest absolute Gasteiger partial charge is 0.354 e. The monoisotopic (exact) mass is 264 g/mol. The van der Waals surface area contributed by atoms with Gasteiger partial charge in [0.25, 0.3) is 0 Å². The fourth-order valence-electron chi connectivity index (χ4n) is 2.46. The standard InChI is InChI=1S/C13H20N4O2/c1-9-7-11(12(18)19)15-13(14-9)17-6-4-5-16(3)8-10(17)2/h7,10H,4-6,8H2,1-3H3,(H,18,19). The Bertz CT molecular complexity index is 478. The van der Waals surface area contributed by atoms with Gasteiger partial charge in [-0.2, -0.15) is 0 Å². The average Bonchev–Trinajstić information content (AvgIpc) is 2.49. The molecule has 19 heavy (non-hydrogen) atoms. The van der Waals surface area contributed by atoms with E-state index in [-0.39, 0.29) is 11.7 Å².